The van der Waals surface area contributed by atoms with Gasteiger partial charge >= 0.3 is 10.4 Å². The van der Waals surface area contributed by atoms with Crippen LogP contribution in [0.25, 0.3) is 0 Å². The van der Waals surface area contributed by atoms with Crippen LogP contribution in [0.2, 0.25) is 0 Å². The highest BCUT2D eigenvalue weighted by Gasteiger charge is 2.06. The number of rotatable bonds is 6. The molecule has 0 saturated carbocycles. The fraction of sp³-hybridized carbons (Fsp3) is 0.238. The van der Waals surface area contributed by atoms with Crippen molar-refractivity contribution in [1.29, 1.82) is 0 Å². The third-order valence-electron chi connectivity index (χ3n) is 2.89. The van der Waals surface area contributed by atoms with Crippen LogP contribution in [0.5, 0.6) is 11.5 Å². The summed E-state index contributed by atoms with van der Waals surface area (Å²) in [5.41, 5.74) is 2.29. The Bertz CT molecular complexity index is 738. The predicted octanol–water partition coefficient (Wildman–Crippen LogP) is 5.70. The molecule has 2 aromatic rings. The molecule has 0 radical (unpaired) electrons. The zero-order valence-electron chi connectivity index (χ0n) is 15.8. The van der Waals surface area contributed by atoms with Crippen molar-refractivity contribution in [3.8, 4) is 11.5 Å². The zero-order chi connectivity index (χ0) is 20.7. The molecular weight excluding hydrogens is 364 g/mol. The van der Waals surface area contributed by atoms with E-state index in [0.717, 1.165) is 35.5 Å². The maximum absolute atomic E-state index is 8.74. The Morgan fingerprint density at radius 1 is 0.852 bits per heavy atom. The summed E-state index contributed by atoms with van der Waals surface area (Å²) >= 11 is 0. The first kappa shape index (κ1) is 24.6. The van der Waals surface area contributed by atoms with Gasteiger partial charge < -0.3 is 4.74 Å². The summed E-state index contributed by atoms with van der Waals surface area (Å²) in [6.07, 6.45) is 6.63. The molecule has 0 spiro atoms. The van der Waals surface area contributed by atoms with E-state index in [0.29, 0.717) is 0 Å². The van der Waals surface area contributed by atoms with Gasteiger partial charge in [-0.25, -0.2) is 0 Å². The first-order chi connectivity index (χ1) is 12.8. The zero-order valence-corrected chi connectivity index (χ0v) is 16.7. The Labute approximate surface area is 162 Å². The van der Waals surface area contributed by atoms with Crippen LogP contribution in [-0.4, -0.2) is 17.5 Å². The number of para-hydroxylation sites is 2. The second-order valence-electron chi connectivity index (χ2n) is 5.46. The largest absolute Gasteiger partial charge is 0.457 e. The van der Waals surface area contributed by atoms with Crippen LogP contribution >= 0.6 is 0 Å². The van der Waals surface area contributed by atoms with Crippen molar-refractivity contribution in [2.45, 2.75) is 33.1 Å². The van der Waals surface area contributed by atoms with Crippen LogP contribution in [0.4, 0.5) is 0 Å². The third kappa shape index (κ3) is 12.6. The monoisotopic (exact) mass is 392 g/mol. The second-order valence-corrected chi connectivity index (χ2v) is 6.35. The molecule has 0 aromatic heterocycles. The molecule has 2 N–H and O–H groups in total. The second kappa shape index (κ2) is 13.7. The molecule has 148 valence electrons. The van der Waals surface area contributed by atoms with Crippen molar-refractivity contribution in [2.24, 2.45) is 0 Å². The molecular formula is C21H28O5S. The van der Waals surface area contributed by atoms with Gasteiger partial charge in [-0.15, -0.1) is 13.2 Å². The Balaban J connectivity index is 0.000000719. The molecule has 0 fully saturated rings. The Hall–Kier alpha value is -2.41. The van der Waals surface area contributed by atoms with E-state index in [9.17, 15) is 0 Å². The van der Waals surface area contributed by atoms with Gasteiger partial charge in [0.2, 0.25) is 0 Å². The smallest absolute Gasteiger partial charge is 0.394 e. The quantitative estimate of drug-likeness (QED) is 0.487. The van der Waals surface area contributed by atoms with Crippen LogP contribution in [0.1, 0.15) is 31.4 Å². The fourth-order valence-corrected chi connectivity index (χ4v) is 1.97. The lowest BCUT2D eigenvalue weighted by Gasteiger charge is -2.12. The highest BCUT2D eigenvalue weighted by molar-refractivity contribution is 7.79. The van der Waals surface area contributed by atoms with E-state index in [2.05, 4.69) is 39.1 Å². The molecule has 0 atom stereocenters. The molecule has 0 saturated heterocycles. The minimum Gasteiger partial charge on any atom is -0.457 e. The lowest BCUT2D eigenvalue weighted by Crippen LogP contribution is -1.93. The molecule has 0 aliphatic heterocycles. The van der Waals surface area contributed by atoms with Gasteiger partial charge in [0, 0.05) is 0 Å². The molecule has 0 bridgehead atoms. The van der Waals surface area contributed by atoms with E-state index in [1.54, 1.807) is 0 Å². The Morgan fingerprint density at radius 2 is 1.15 bits per heavy atom. The summed E-state index contributed by atoms with van der Waals surface area (Å²) < 4.78 is 37.6. The normalized spacial score (nSPS) is 9.78. The van der Waals surface area contributed by atoms with Gasteiger partial charge in [-0.1, -0.05) is 68.8 Å². The molecule has 0 unspecified atom stereocenters. The first-order valence-corrected chi connectivity index (χ1v) is 9.91. The predicted molar refractivity (Wildman–Crippen MR) is 111 cm³/mol. The van der Waals surface area contributed by atoms with E-state index < -0.39 is 10.4 Å². The average molecular weight is 393 g/mol. The van der Waals surface area contributed by atoms with E-state index >= 15 is 0 Å². The number of hydrogen-bond donors (Lipinski definition) is 2. The summed E-state index contributed by atoms with van der Waals surface area (Å²) in [4.78, 5) is 0. The maximum atomic E-state index is 8.74. The number of hydrogen-bond acceptors (Lipinski definition) is 3. The minimum absolute atomic E-state index is 0.805. The van der Waals surface area contributed by atoms with Crippen LogP contribution < -0.4 is 4.74 Å². The van der Waals surface area contributed by atoms with Crippen molar-refractivity contribution in [3.63, 3.8) is 0 Å². The van der Waals surface area contributed by atoms with Gasteiger partial charge in [-0.2, -0.15) is 8.42 Å². The number of ether oxygens (including phenoxy) is 1. The molecule has 6 heteroatoms. The topological polar surface area (TPSA) is 83.8 Å². The summed E-state index contributed by atoms with van der Waals surface area (Å²) in [5, 5.41) is 0. The molecule has 2 aromatic carbocycles. The van der Waals surface area contributed by atoms with Crippen molar-refractivity contribution in [3.05, 3.63) is 85.0 Å². The van der Waals surface area contributed by atoms with Crippen LogP contribution in [-0.2, 0) is 23.2 Å². The van der Waals surface area contributed by atoms with Gasteiger partial charge in [-0.05, 0) is 36.1 Å². The van der Waals surface area contributed by atoms with E-state index in [1.807, 2.05) is 48.6 Å². The summed E-state index contributed by atoms with van der Waals surface area (Å²) in [5.74, 6) is 1.78. The SMILES string of the molecule is C=CCc1ccccc1Oc1ccccc1CC=C.CCC.O=S(=O)(O)O. The summed E-state index contributed by atoms with van der Waals surface area (Å²) in [6.45, 7) is 11.8. The van der Waals surface area contributed by atoms with E-state index in [4.69, 9.17) is 22.3 Å². The van der Waals surface area contributed by atoms with Gasteiger partial charge in [0.25, 0.3) is 0 Å². The Morgan fingerprint density at radius 3 is 1.44 bits per heavy atom. The highest BCUT2D eigenvalue weighted by Crippen LogP contribution is 2.28. The van der Waals surface area contributed by atoms with Gasteiger partial charge in [0.1, 0.15) is 11.5 Å². The lowest BCUT2D eigenvalue weighted by atomic mass is 10.1. The number of benzene rings is 2. The van der Waals surface area contributed by atoms with Crippen molar-refractivity contribution in [2.75, 3.05) is 0 Å². The molecule has 0 heterocycles. The maximum Gasteiger partial charge on any atom is 0.394 e. The standard InChI is InChI=1S/C18H18O.C3H8.H2O4S/c1-3-9-15-11-5-7-13-17(15)19-18-14-8-6-12-16(18)10-4-2;1-3-2;1-5(2,3)4/h3-8,11-14H,1-2,9-10H2;3H2,1-2H3;(H2,1,2,3,4). The molecule has 2 rings (SSSR count). The van der Waals surface area contributed by atoms with Crippen LogP contribution in [0.3, 0.4) is 0 Å². The fourth-order valence-electron chi connectivity index (χ4n) is 1.97. The van der Waals surface area contributed by atoms with Crippen molar-refractivity contribution in [1.82, 2.24) is 0 Å². The van der Waals surface area contributed by atoms with Gasteiger partial charge in [-0.3, -0.25) is 9.11 Å². The van der Waals surface area contributed by atoms with E-state index in [-0.39, 0.29) is 0 Å². The summed E-state index contributed by atoms with van der Waals surface area (Å²) in [6, 6.07) is 16.1. The lowest BCUT2D eigenvalue weighted by molar-refractivity contribution is 0.381. The average Bonchev–Trinajstić information content (AvgIpc) is 2.58. The van der Waals surface area contributed by atoms with Crippen molar-refractivity contribution < 1.29 is 22.3 Å². The highest BCUT2D eigenvalue weighted by atomic mass is 32.3. The summed E-state index contributed by atoms with van der Waals surface area (Å²) in [7, 11) is -4.67. The van der Waals surface area contributed by atoms with Crippen molar-refractivity contribution >= 4 is 10.4 Å². The molecule has 0 aliphatic rings. The third-order valence-corrected chi connectivity index (χ3v) is 2.89. The number of allylic oxidation sites excluding steroid dienone is 2. The molecule has 0 amide bonds. The minimum atomic E-state index is -4.67. The van der Waals surface area contributed by atoms with Gasteiger partial charge in [0.05, 0.1) is 0 Å². The molecule has 27 heavy (non-hydrogen) atoms. The first-order valence-electron chi connectivity index (χ1n) is 8.52. The van der Waals surface area contributed by atoms with Crippen LogP contribution in [0.15, 0.2) is 73.8 Å². The van der Waals surface area contributed by atoms with Gasteiger partial charge in [0.15, 0.2) is 0 Å². The van der Waals surface area contributed by atoms with Crippen LogP contribution in [0, 0.1) is 0 Å². The molecule has 5 nitrogen and oxygen atoms in total. The van der Waals surface area contributed by atoms with E-state index in [1.165, 1.54) is 6.42 Å². The Kier molecular flexibility index (Phi) is 12.5. The molecule has 0 aliphatic carbocycles.